The number of nitrogens with zero attached hydrogens (tertiary/aromatic N) is 1. The highest BCUT2D eigenvalue weighted by molar-refractivity contribution is 6.31. The summed E-state index contributed by atoms with van der Waals surface area (Å²) in [6.45, 7) is 7.43. The van der Waals surface area contributed by atoms with Crippen molar-refractivity contribution in [1.29, 1.82) is 0 Å². The van der Waals surface area contributed by atoms with Crippen molar-refractivity contribution in [1.82, 2.24) is 10.2 Å². The number of rotatable bonds is 5. The Morgan fingerprint density at radius 1 is 1.25 bits per heavy atom. The smallest absolute Gasteiger partial charge is 0.243 e. The van der Waals surface area contributed by atoms with Crippen molar-refractivity contribution in [3.8, 4) is 0 Å². The summed E-state index contributed by atoms with van der Waals surface area (Å²) < 4.78 is 5.64. The Kier molecular flexibility index (Phi) is 6.60. The molecule has 0 spiro atoms. The Morgan fingerprint density at radius 2 is 1.92 bits per heavy atom. The highest BCUT2D eigenvalue weighted by Gasteiger charge is 2.23. The zero-order valence-corrected chi connectivity index (χ0v) is 15.0. The van der Waals surface area contributed by atoms with E-state index in [1.165, 1.54) is 0 Å². The zero-order chi connectivity index (χ0) is 17.7. The number of morpholine rings is 1. The molecule has 1 aromatic rings. The second-order valence-corrected chi connectivity index (χ2v) is 6.60. The van der Waals surface area contributed by atoms with Gasteiger partial charge >= 0.3 is 0 Å². The standard InChI is InChI=1S/C17H24ClN3O3/c1-11-8-21(9-12(2)24-11)10-17(23)19-7-16(22)20-15-6-4-5-14(18)13(15)3/h4-6,11-12H,7-10H2,1-3H3,(H,19,23)(H,20,22)/t11-,12-/m1/s1. The maximum atomic E-state index is 12.0. The minimum atomic E-state index is -0.280. The van der Waals surface area contributed by atoms with Crippen molar-refractivity contribution in [2.75, 3.05) is 31.5 Å². The third-order valence-electron chi connectivity index (χ3n) is 3.85. The van der Waals surface area contributed by atoms with Gasteiger partial charge in [-0.1, -0.05) is 17.7 Å². The van der Waals surface area contributed by atoms with Gasteiger partial charge in [0.05, 0.1) is 25.3 Å². The average molecular weight is 354 g/mol. The SMILES string of the molecule is Cc1c(Cl)cccc1NC(=O)CNC(=O)CN1C[C@@H](C)O[C@H](C)C1. The van der Waals surface area contributed by atoms with Crippen molar-refractivity contribution in [3.63, 3.8) is 0 Å². The molecular weight excluding hydrogens is 330 g/mol. The maximum Gasteiger partial charge on any atom is 0.243 e. The first-order valence-electron chi connectivity index (χ1n) is 8.04. The fraction of sp³-hybridized carbons (Fsp3) is 0.529. The first kappa shape index (κ1) is 18.7. The van der Waals surface area contributed by atoms with Crippen molar-refractivity contribution in [2.24, 2.45) is 0 Å². The Balaban J connectivity index is 1.77. The zero-order valence-electron chi connectivity index (χ0n) is 14.3. The van der Waals surface area contributed by atoms with Gasteiger partial charge in [0, 0.05) is 23.8 Å². The predicted molar refractivity (Wildman–Crippen MR) is 94.3 cm³/mol. The van der Waals surface area contributed by atoms with Gasteiger partial charge in [0.2, 0.25) is 11.8 Å². The number of carbonyl (C=O) groups is 2. The molecule has 0 radical (unpaired) electrons. The average Bonchev–Trinajstić information content (AvgIpc) is 2.49. The summed E-state index contributed by atoms with van der Waals surface area (Å²) in [6.07, 6.45) is 0.214. The van der Waals surface area contributed by atoms with Crippen LogP contribution in [0.3, 0.4) is 0 Å². The molecule has 1 fully saturated rings. The van der Waals surface area contributed by atoms with Crippen LogP contribution < -0.4 is 10.6 Å². The maximum absolute atomic E-state index is 12.0. The van der Waals surface area contributed by atoms with Gasteiger partial charge in [-0.25, -0.2) is 0 Å². The summed E-state index contributed by atoms with van der Waals surface area (Å²) in [6, 6.07) is 5.31. The predicted octanol–water partition coefficient (Wildman–Crippen LogP) is 1.81. The molecule has 6 nitrogen and oxygen atoms in total. The van der Waals surface area contributed by atoms with E-state index in [1.807, 2.05) is 25.7 Å². The van der Waals surface area contributed by atoms with Gasteiger partial charge in [0.1, 0.15) is 0 Å². The molecular formula is C17H24ClN3O3. The van der Waals surface area contributed by atoms with Crippen molar-refractivity contribution >= 4 is 29.1 Å². The molecule has 0 saturated carbocycles. The molecule has 1 aromatic carbocycles. The second kappa shape index (κ2) is 8.46. The Hall–Kier alpha value is -1.63. The lowest BCUT2D eigenvalue weighted by molar-refractivity contribution is -0.128. The van der Waals surface area contributed by atoms with Gasteiger partial charge < -0.3 is 15.4 Å². The summed E-state index contributed by atoms with van der Waals surface area (Å²) in [5.41, 5.74) is 1.45. The lowest BCUT2D eigenvalue weighted by Crippen LogP contribution is -2.49. The third-order valence-corrected chi connectivity index (χ3v) is 4.26. The van der Waals surface area contributed by atoms with E-state index in [-0.39, 0.29) is 37.1 Å². The Labute approximate surface area is 147 Å². The number of hydrogen-bond acceptors (Lipinski definition) is 4. The molecule has 2 rings (SSSR count). The van der Waals surface area contributed by atoms with Crippen molar-refractivity contribution < 1.29 is 14.3 Å². The van der Waals surface area contributed by atoms with Gasteiger partial charge in [-0.2, -0.15) is 0 Å². The molecule has 7 heteroatoms. The van der Waals surface area contributed by atoms with Crippen LogP contribution in [0.1, 0.15) is 19.4 Å². The lowest BCUT2D eigenvalue weighted by Gasteiger charge is -2.34. The van der Waals surface area contributed by atoms with Crippen molar-refractivity contribution in [2.45, 2.75) is 33.0 Å². The number of hydrogen-bond donors (Lipinski definition) is 2. The van der Waals surface area contributed by atoms with Gasteiger partial charge in [-0.15, -0.1) is 0 Å². The number of benzene rings is 1. The summed E-state index contributed by atoms with van der Waals surface area (Å²) in [5.74, 6) is -0.452. The molecule has 1 heterocycles. The highest BCUT2D eigenvalue weighted by Crippen LogP contribution is 2.22. The van der Waals surface area contributed by atoms with E-state index in [0.717, 1.165) is 5.56 Å². The fourth-order valence-corrected chi connectivity index (χ4v) is 2.96. The summed E-state index contributed by atoms with van der Waals surface area (Å²) >= 11 is 6.02. The van der Waals surface area contributed by atoms with E-state index in [9.17, 15) is 9.59 Å². The molecule has 24 heavy (non-hydrogen) atoms. The largest absolute Gasteiger partial charge is 0.373 e. The molecule has 2 amide bonds. The first-order valence-corrected chi connectivity index (χ1v) is 8.42. The van der Waals surface area contributed by atoms with Crippen LogP contribution in [0, 0.1) is 6.92 Å². The van der Waals surface area contributed by atoms with Gasteiger partial charge in [-0.05, 0) is 38.5 Å². The van der Waals surface area contributed by atoms with E-state index in [0.29, 0.717) is 23.8 Å². The van der Waals surface area contributed by atoms with Crippen LogP contribution in [0.4, 0.5) is 5.69 Å². The van der Waals surface area contributed by atoms with E-state index >= 15 is 0 Å². The molecule has 1 saturated heterocycles. The minimum absolute atomic E-state index is 0.0692. The van der Waals surface area contributed by atoms with Crippen LogP contribution in [0.25, 0.3) is 0 Å². The number of ether oxygens (including phenoxy) is 1. The molecule has 2 atom stereocenters. The van der Waals surface area contributed by atoms with Crippen LogP contribution in [0.15, 0.2) is 18.2 Å². The third kappa shape index (κ3) is 5.47. The van der Waals surface area contributed by atoms with Crippen LogP contribution in [0.2, 0.25) is 5.02 Å². The van der Waals surface area contributed by atoms with Crippen LogP contribution in [-0.4, -0.2) is 55.1 Å². The van der Waals surface area contributed by atoms with Gasteiger partial charge in [0.15, 0.2) is 0 Å². The highest BCUT2D eigenvalue weighted by atomic mass is 35.5. The normalized spacial score (nSPS) is 21.3. The quantitative estimate of drug-likeness (QED) is 0.847. The van der Waals surface area contributed by atoms with Crippen LogP contribution in [-0.2, 0) is 14.3 Å². The lowest BCUT2D eigenvalue weighted by atomic mass is 10.2. The molecule has 0 unspecified atom stereocenters. The summed E-state index contributed by atoms with van der Waals surface area (Å²) in [4.78, 5) is 26.0. The van der Waals surface area contributed by atoms with E-state index in [4.69, 9.17) is 16.3 Å². The molecule has 0 aliphatic carbocycles. The fourth-order valence-electron chi connectivity index (χ4n) is 2.79. The molecule has 2 N–H and O–H groups in total. The number of amides is 2. The molecule has 1 aliphatic rings. The molecule has 1 aliphatic heterocycles. The number of nitrogens with one attached hydrogen (secondary N) is 2. The topological polar surface area (TPSA) is 70.7 Å². The molecule has 0 aromatic heterocycles. The monoisotopic (exact) mass is 353 g/mol. The number of carbonyl (C=O) groups excluding carboxylic acids is 2. The Bertz CT molecular complexity index is 599. The number of anilines is 1. The van der Waals surface area contributed by atoms with Crippen molar-refractivity contribution in [3.05, 3.63) is 28.8 Å². The Morgan fingerprint density at radius 3 is 2.58 bits per heavy atom. The van der Waals surface area contributed by atoms with E-state index < -0.39 is 0 Å². The van der Waals surface area contributed by atoms with E-state index in [2.05, 4.69) is 10.6 Å². The molecule has 0 bridgehead atoms. The minimum Gasteiger partial charge on any atom is -0.373 e. The van der Waals surface area contributed by atoms with Gasteiger partial charge in [0.25, 0.3) is 0 Å². The number of halogens is 1. The summed E-state index contributed by atoms with van der Waals surface area (Å²) in [7, 11) is 0. The molecule has 132 valence electrons. The van der Waals surface area contributed by atoms with Crippen LogP contribution in [0.5, 0.6) is 0 Å². The second-order valence-electron chi connectivity index (χ2n) is 6.19. The van der Waals surface area contributed by atoms with Crippen LogP contribution >= 0.6 is 11.6 Å². The van der Waals surface area contributed by atoms with E-state index in [1.54, 1.807) is 18.2 Å². The van der Waals surface area contributed by atoms with Gasteiger partial charge in [-0.3, -0.25) is 14.5 Å². The summed E-state index contributed by atoms with van der Waals surface area (Å²) in [5, 5.41) is 5.99. The first-order chi connectivity index (χ1) is 11.3.